The molecular formula is C14H13N3O2S. The van der Waals surface area contributed by atoms with Gasteiger partial charge in [0, 0.05) is 29.0 Å². The molecule has 0 spiro atoms. The highest BCUT2D eigenvalue weighted by Gasteiger charge is 2.10. The van der Waals surface area contributed by atoms with E-state index in [2.05, 4.69) is 9.72 Å². The highest BCUT2D eigenvalue weighted by molar-refractivity contribution is 7.12. The average molecular weight is 287 g/mol. The standard InChI is InChI=1S/C14H13N3O2S/c1-10-9-12(3-4-13(18)19-7-5-15)11(2)17(10)14-16-6-8-20-14/h3-4,6,8-9H,7H2,1-2H3/b4-3+. The Balaban J connectivity index is 2.23. The largest absolute Gasteiger partial charge is 0.447 e. The number of nitrogens with zero attached hydrogens (tertiary/aromatic N) is 3. The molecule has 20 heavy (non-hydrogen) atoms. The summed E-state index contributed by atoms with van der Waals surface area (Å²) in [5.74, 6) is -0.523. The number of hydrogen-bond donors (Lipinski definition) is 0. The fourth-order valence-electron chi connectivity index (χ4n) is 1.89. The molecule has 0 amide bonds. The predicted molar refractivity (Wildman–Crippen MR) is 76.5 cm³/mol. The van der Waals surface area contributed by atoms with Gasteiger partial charge in [0.2, 0.25) is 0 Å². The maximum Gasteiger partial charge on any atom is 0.331 e. The van der Waals surface area contributed by atoms with Crippen molar-refractivity contribution in [2.45, 2.75) is 13.8 Å². The summed E-state index contributed by atoms with van der Waals surface area (Å²) in [6.45, 7) is 3.72. The third-order valence-electron chi connectivity index (χ3n) is 2.76. The van der Waals surface area contributed by atoms with E-state index in [9.17, 15) is 4.79 Å². The molecule has 2 rings (SSSR count). The number of carbonyl (C=O) groups is 1. The maximum atomic E-state index is 11.3. The van der Waals surface area contributed by atoms with Gasteiger partial charge in [0.15, 0.2) is 11.7 Å². The molecule has 0 saturated heterocycles. The second kappa shape index (κ2) is 6.17. The lowest BCUT2D eigenvalue weighted by molar-refractivity contribution is -0.136. The van der Waals surface area contributed by atoms with Crippen LogP contribution in [0.1, 0.15) is 17.0 Å². The minimum absolute atomic E-state index is 0.235. The smallest absolute Gasteiger partial charge is 0.331 e. The highest BCUT2D eigenvalue weighted by Crippen LogP contribution is 2.22. The molecule has 2 aromatic heterocycles. The molecule has 0 fully saturated rings. The lowest BCUT2D eigenvalue weighted by Crippen LogP contribution is -2.00. The van der Waals surface area contributed by atoms with Crippen LogP contribution in [-0.2, 0) is 9.53 Å². The van der Waals surface area contributed by atoms with Crippen molar-refractivity contribution in [1.29, 1.82) is 5.26 Å². The zero-order valence-corrected chi connectivity index (χ0v) is 12.0. The van der Waals surface area contributed by atoms with Crippen LogP contribution in [0, 0.1) is 25.2 Å². The first kappa shape index (κ1) is 14.0. The molecule has 5 nitrogen and oxygen atoms in total. The first-order valence-electron chi connectivity index (χ1n) is 5.94. The Morgan fingerprint density at radius 1 is 1.60 bits per heavy atom. The molecule has 0 aliphatic carbocycles. The summed E-state index contributed by atoms with van der Waals surface area (Å²) >= 11 is 1.55. The van der Waals surface area contributed by atoms with Crippen LogP contribution in [0.4, 0.5) is 0 Å². The number of aromatic nitrogens is 2. The molecule has 2 heterocycles. The zero-order chi connectivity index (χ0) is 14.5. The van der Waals surface area contributed by atoms with E-state index in [0.29, 0.717) is 0 Å². The molecule has 0 aromatic carbocycles. The van der Waals surface area contributed by atoms with Crippen LogP contribution in [0.5, 0.6) is 0 Å². The Morgan fingerprint density at radius 3 is 3.05 bits per heavy atom. The Morgan fingerprint density at radius 2 is 2.40 bits per heavy atom. The van der Waals surface area contributed by atoms with Gasteiger partial charge in [0.25, 0.3) is 0 Å². The van der Waals surface area contributed by atoms with Crippen molar-refractivity contribution in [3.8, 4) is 11.2 Å². The Hall–Kier alpha value is -2.39. The van der Waals surface area contributed by atoms with E-state index < -0.39 is 5.97 Å². The van der Waals surface area contributed by atoms with E-state index in [4.69, 9.17) is 5.26 Å². The summed E-state index contributed by atoms with van der Waals surface area (Å²) < 4.78 is 6.69. The van der Waals surface area contributed by atoms with Gasteiger partial charge in [-0.3, -0.25) is 4.57 Å². The molecule has 0 bridgehead atoms. The van der Waals surface area contributed by atoms with Crippen LogP contribution < -0.4 is 0 Å². The molecule has 0 atom stereocenters. The Labute approximate surface area is 120 Å². The lowest BCUT2D eigenvalue weighted by Gasteiger charge is -2.04. The third kappa shape index (κ3) is 2.95. The average Bonchev–Trinajstić information content (AvgIpc) is 3.02. The maximum absolute atomic E-state index is 11.3. The van der Waals surface area contributed by atoms with E-state index >= 15 is 0 Å². The summed E-state index contributed by atoms with van der Waals surface area (Å²) in [5, 5.41) is 11.1. The van der Waals surface area contributed by atoms with Crippen molar-refractivity contribution in [3.05, 3.63) is 40.7 Å². The summed E-state index contributed by atoms with van der Waals surface area (Å²) in [5.41, 5.74) is 2.97. The molecule has 0 saturated carbocycles. The minimum Gasteiger partial charge on any atom is -0.447 e. The zero-order valence-electron chi connectivity index (χ0n) is 11.2. The monoisotopic (exact) mass is 287 g/mol. The first-order valence-corrected chi connectivity index (χ1v) is 6.82. The fourth-order valence-corrected chi connectivity index (χ4v) is 2.64. The molecule has 0 aliphatic heterocycles. The lowest BCUT2D eigenvalue weighted by atomic mass is 10.2. The van der Waals surface area contributed by atoms with Gasteiger partial charge >= 0.3 is 5.97 Å². The van der Waals surface area contributed by atoms with E-state index in [1.807, 2.05) is 29.9 Å². The minimum atomic E-state index is -0.523. The third-order valence-corrected chi connectivity index (χ3v) is 3.52. The predicted octanol–water partition coefficient (Wildman–Crippen LogP) is 2.63. The van der Waals surface area contributed by atoms with Crippen molar-refractivity contribution in [2.75, 3.05) is 6.61 Å². The summed E-state index contributed by atoms with van der Waals surface area (Å²) in [6.07, 6.45) is 4.77. The second-order valence-corrected chi connectivity index (χ2v) is 4.95. The molecule has 0 unspecified atom stereocenters. The van der Waals surface area contributed by atoms with Gasteiger partial charge in [-0.05, 0) is 31.6 Å². The second-order valence-electron chi connectivity index (χ2n) is 4.08. The van der Waals surface area contributed by atoms with E-state index in [1.165, 1.54) is 6.08 Å². The number of hydrogen-bond acceptors (Lipinski definition) is 5. The molecule has 102 valence electrons. The number of aryl methyl sites for hydroxylation is 1. The van der Waals surface area contributed by atoms with Crippen LogP contribution in [-0.4, -0.2) is 22.1 Å². The molecule has 0 aliphatic rings. The van der Waals surface area contributed by atoms with E-state index in [-0.39, 0.29) is 6.61 Å². The van der Waals surface area contributed by atoms with E-state index in [1.54, 1.807) is 29.7 Å². The first-order chi connectivity index (χ1) is 9.63. The van der Waals surface area contributed by atoms with E-state index in [0.717, 1.165) is 22.1 Å². The van der Waals surface area contributed by atoms with Crippen LogP contribution in [0.2, 0.25) is 0 Å². The number of carbonyl (C=O) groups excluding carboxylic acids is 1. The van der Waals surface area contributed by atoms with Crippen molar-refractivity contribution in [3.63, 3.8) is 0 Å². The quantitative estimate of drug-likeness (QED) is 0.640. The van der Waals surface area contributed by atoms with Crippen molar-refractivity contribution in [2.24, 2.45) is 0 Å². The van der Waals surface area contributed by atoms with Gasteiger partial charge in [-0.2, -0.15) is 5.26 Å². The van der Waals surface area contributed by atoms with Crippen LogP contribution >= 0.6 is 11.3 Å². The van der Waals surface area contributed by atoms with Crippen molar-refractivity contribution in [1.82, 2.24) is 9.55 Å². The van der Waals surface area contributed by atoms with Crippen molar-refractivity contribution < 1.29 is 9.53 Å². The van der Waals surface area contributed by atoms with Gasteiger partial charge in [0.1, 0.15) is 6.07 Å². The normalized spacial score (nSPS) is 10.7. The Bertz CT molecular complexity index is 678. The van der Waals surface area contributed by atoms with Crippen LogP contribution in [0.3, 0.4) is 0 Å². The number of ether oxygens (including phenoxy) is 1. The van der Waals surface area contributed by atoms with Gasteiger partial charge in [0.05, 0.1) is 0 Å². The summed E-state index contributed by atoms with van der Waals surface area (Å²) in [4.78, 5) is 15.6. The van der Waals surface area contributed by atoms with Crippen LogP contribution in [0.15, 0.2) is 23.7 Å². The molecule has 2 aromatic rings. The van der Waals surface area contributed by atoms with Gasteiger partial charge in [-0.15, -0.1) is 11.3 Å². The highest BCUT2D eigenvalue weighted by atomic mass is 32.1. The Kier molecular flexibility index (Phi) is 4.33. The molecule has 6 heteroatoms. The number of rotatable bonds is 4. The fraction of sp³-hybridized carbons (Fsp3) is 0.214. The number of esters is 1. The van der Waals surface area contributed by atoms with Gasteiger partial charge < -0.3 is 4.74 Å². The summed E-state index contributed by atoms with van der Waals surface area (Å²) in [6, 6.07) is 3.73. The van der Waals surface area contributed by atoms with Gasteiger partial charge in [-0.1, -0.05) is 0 Å². The van der Waals surface area contributed by atoms with Crippen LogP contribution in [0.25, 0.3) is 11.2 Å². The molecule has 0 radical (unpaired) electrons. The van der Waals surface area contributed by atoms with Gasteiger partial charge in [-0.25, -0.2) is 9.78 Å². The molecule has 0 N–H and O–H groups in total. The topological polar surface area (TPSA) is 67.9 Å². The number of thiazole rings is 1. The number of nitriles is 1. The van der Waals surface area contributed by atoms with Crippen molar-refractivity contribution >= 4 is 23.4 Å². The molecular weight excluding hydrogens is 274 g/mol. The summed E-state index contributed by atoms with van der Waals surface area (Å²) in [7, 11) is 0. The SMILES string of the molecule is Cc1cc(/C=C/C(=O)OCC#N)c(C)n1-c1nccs1.